The van der Waals surface area contributed by atoms with Crippen LogP contribution in [-0.4, -0.2) is 7.11 Å². The van der Waals surface area contributed by atoms with Crippen molar-refractivity contribution in [3.8, 4) is 5.75 Å². The second kappa shape index (κ2) is 4.83. The molecule has 0 aliphatic carbocycles. The maximum absolute atomic E-state index is 13.1. The molecule has 2 aromatic rings. The van der Waals surface area contributed by atoms with Crippen LogP contribution in [0.2, 0.25) is 0 Å². The Hall–Kier alpha value is -2.09. The Bertz CT molecular complexity index is 529. The van der Waals surface area contributed by atoms with Crippen molar-refractivity contribution in [2.24, 2.45) is 0 Å². The zero-order chi connectivity index (χ0) is 12.3. The van der Waals surface area contributed by atoms with E-state index in [4.69, 9.17) is 4.74 Å². The molecule has 0 fully saturated rings. The first-order valence-electron chi connectivity index (χ1n) is 5.30. The summed E-state index contributed by atoms with van der Waals surface area (Å²) in [5, 5.41) is 0. The monoisotopic (exact) mass is 228 g/mol. The van der Waals surface area contributed by atoms with Crippen molar-refractivity contribution >= 4 is 5.57 Å². The van der Waals surface area contributed by atoms with E-state index in [9.17, 15) is 4.39 Å². The molecule has 0 spiro atoms. The molecule has 0 bridgehead atoms. The van der Waals surface area contributed by atoms with Gasteiger partial charge in [0.1, 0.15) is 11.6 Å². The summed E-state index contributed by atoms with van der Waals surface area (Å²) in [5.41, 5.74) is 2.54. The Kier molecular flexibility index (Phi) is 3.24. The predicted octanol–water partition coefficient (Wildman–Crippen LogP) is 3.90. The van der Waals surface area contributed by atoms with Gasteiger partial charge in [0.2, 0.25) is 0 Å². The lowest BCUT2D eigenvalue weighted by molar-refractivity contribution is 0.415. The smallest absolute Gasteiger partial charge is 0.123 e. The van der Waals surface area contributed by atoms with Gasteiger partial charge in [0.15, 0.2) is 0 Å². The summed E-state index contributed by atoms with van der Waals surface area (Å²) in [4.78, 5) is 0. The SMILES string of the molecule is C=C(c1ccc(OC)cc1)c1cccc(F)c1. The van der Waals surface area contributed by atoms with Crippen molar-refractivity contribution in [3.05, 3.63) is 72.1 Å². The Morgan fingerprint density at radius 2 is 1.76 bits per heavy atom. The first-order chi connectivity index (χ1) is 8.20. The highest BCUT2D eigenvalue weighted by molar-refractivity contribution is 5.78. The molecule has 0 heterocycles. The topological polar surface area (TPSA) is 9.23 Å². The molecule has 0 unspecified atom stereocenters. The quantitative estimate of drug-likeness (QED) is 0.774. The Morgan fingerprint density at radius 1 is 1.06 bits per heavy atom. The van der Waals surface area contributed by atoms with E-state index in [1.165, 1.54) is 12.1 Å². The maximum Gasteiger partial charge on any atom is 0.123 e. The van der Waals surface area contributed by atoms with Crippen molar-refractivity contribution in [3.63, 3.8) is 0 Å². The summed E-state index contributed by atoms with van der Waals surface area (Å²) in [7, 11) is 1.62. The molecule has 0 saturated carbocycles. The van der Waals surface area contributed by atoms with Crippen LogP contribution in [0, 0.1) is 5.82 Å². The summed E-state index contributed by atoms with van der Waals surface area (Å²) in [6.07, 6.45) is 0. The first-order valence-corrected chi connectivity index (χ1v) is 5.30. The minimum absolute atomic E-state index is 0.253. The van der Waals surface area contributed by atoms with Gasteiger partial charge < -0.3 is 4.74 Å². The van der Waals surface area contributed by atoms with Crippen molar-refractivity contribution < 1.29 is 9.13 Å². The third-order valence-corrected chi connectivity index (χ3v) is 2.61. The Balaban J connectivity index is 2.30. The summed E-state index contributed by atoms with van der Waals surface area (Å²) in [6, 6.07) is 14.0. The highest BCUT2D eigenvalue weighted by Crippen LogP contribution is 2.23. The molecule has 0 atom stereocenters. The van der Waals surface area contributed by atoms with Crippen LogP contribution >= 0.6 is 0 Å². The fraction of sp³-hybridized carbons (Fsp3) is 0.0667. The normalized spacial score (nSPS) is 10.0. The zero-order valence-corrected chi connectivity index (χ0v) is 9.61. The summed E-state index contributed by atoms with van der Waals surface area (Å²) >= 11 is 0. The average molecular weight is 228 g/mol. The fourth-order valence-corrected chi connectivity index (χ4v) is 1.64. The van der Waals surface area contributed by atoms with Crippen molar-refractivity contribution in [1.29, 1.82) is 0 Å². The van der Waals surface area contributed by atoms with E-state index < -0.39 is 0 Å². The highest BCUT2D eigenvalue weighted by Gasteiger charge is 2.03. The van der Waals surface area contributed by atoms with Gasteiger partial charge in [-0.3, -0.25) is 0 Å². The second-order valence-electron chi connectivity index (χ2n) is 3.72. The van der Waals surface area contributed by atoms with Crippen LogP contribution < -0.4 is 4.74 Å². The van der Waals surface area contributed by atoms with E-state index in [1.807, 2.05) is 30.3 Å². The molecule has 0 aromatic heterocycles. The summed E-state index contributed by atoms with van der Waals surface area (Å²) in [5.74, 6) is 0.540. The number of rotatable bonds is 3. The largest absolute Gasteiger partial charge is 0.497 e. The summed E-state index contributed by atoms with van der Waals surface area (Å²) in [6.45, 7) is 3.98. The van der Waals surface area contributed by atoms with E-state index >= 15 is 0 Å². The van der Waals surface area contributed by atoms with Gasteiger partial charge in [0.25, 0.3) is 0 Å². The standard InChI is InChI=1S/C15H13FO/c1-11(13-4-3-5-14(16)10-13)12-6-8-15(17-2)9-7-12/h3-10H,1H2,2H3. The summed E-state index contributed by atoms with van der Waals surface area (Å²) < 4.78 is 18.2. The van der Waals surface area contributed by atoms with Crippen molar-refractivity contribution in [1.82, 2.24) is 0 Å². The second-order valence-corrected chi connectivity index (χ2v) is 3.72. The van der Waals surface area contributed by atoms with Gasteiger partial charge in [-0.25, -0.2) is 4.39 Å². The fourth-order valence-electron chi connectivity index (χ4n) is 1.64. The van der Waals surface area contributed by atoms with Crippen LogP contribution in [-0.2, 0) is 0 Å². The van der Waals surface area contributed by atoms with Gasteiger partial charge in [-0.15, -0.1) is 0 Å². The lowest BCUT2D eigenvalue weighted by atomic mass is 9.99. The number of hydrogen-bond acceptors (Lipinski definition) is 1. The van der Waals surface area contributed by atoms with Crippen LogP contribution in [0.1, 0.15) is 11.1 Å². The highest BCUT2D eigenvalue weighted by atomic mass is 19.1. The number of halogens is 1. The first kappa shape index (κ1) is 11.4. The molecule has 17 heavy (non-hydrogen) atoms. The Morgan fingerprint density at radius 3 is 2.35 bits per heavy atom. The molecule has 1 nitrogen and oxygen atoms in total. The van der Waals surface area contributed by atoms with E-state index in [1.54, 1.807) is 13.2 Å². The lowest BCUT2D eigenvalue weighted by Gasteiger charge is -2.07. The van der Waals surface area contributed by atoms with E-state index in [0.29, 0.717) is 0 Å². The number of benzene rings is 2. The van der Waals surface area contributed by atoms with Crippen LogP contribution in [0.15, 0.2) is 55.1 Å². The molecule has 0 radical (unpaired) electrons. The van der Waals surface area contributed by atoms with Crippen LogP contribution in [0.4, 0.5) is 4.39 Å². The molecule has 2 heteroatoms. The molecule has 0 aliphatic heterocycles. The lowest BCUT2D eigenvalue weighted by Crippen LogP contribution is -1.88. The number of methoxy groups -OCH3 is 1. The van der Waals surface area contributed by atoms with Crippen LogP contribution in [0.3, 0.4) is 0 Å². The minimum Gasteiger partial charge on any atom is -0.497 e. The molecule has 2 rings (SSSR count). The van der Waals surface area contributed by atoms with E-state index in [2.05, 4.69) is 6.58 Å². The van der Waals surface area contributed by atoms with Gasteiger partial charge in [-0.2, -0.15) is 0 Å². The van der Waals surface area contributed by atoms with Gasteiger partial charge in [0.05, 0.1) is 7.11 Å². The van der Waals surface area contributed by atoms with Crippen molar-refractivity contribution in [2.45, 2.75) is 0 Å². The average Bonchev–Trinajstić information content (AvgIpc) is 2.38. The number of hydrogen-bond donors (Lipinski definition) is 0. The molecule has 0 amide bonds. The Labute approximate surface area is 100 Å². The van der Waals surface area contributed by atoms with Gasteiger partial charge in [-0.1, -0.05) is 30.8 Å². The predicted molar refractivity (Wildman–Crippen MR) is 67.5 cm³/mol. The van der Waals surface area contributed by atoms with Gasteiger partial charge >= 0.3 is 0 Å². The van der Waals surface area contributed by atoms with E-state index in [-0.39, 0.29) is 5.82 Å². The van der Waals surface area contributed by atoms with Crippen LogP contribution in [0.5, 0.6) is 5.75 Å². The van der Waals surface area contributed by atoms with Gasteiger partial charge in [0, 0.05) is 0 Å². The third kappa shape index (κ3) is 2.53. The van der Waals surface area contributed by atoms with Crippen LogP contribution in [0.25, 0.3) is 5.57 Å². The molecule has 0 N–H and O–H groups in total. The molecule has 0 aliphatic rings. The molecular weight excluding hydrogens is 215 g/mol. The zero-order valence-electron chi connectivity index (χ0n) is 9.61. The molecule has 86 valence electrons. The third-order valence-electron chi connectivity index (χ3n) is 2.61. The van der Waals surface area contributed by atoms with E-state index in [0.717, 1.165) is 22.4 Å². The molecule has 0 saturated heterocycles. The van der Waals surface area contributed by atoms with Gasteiger partial charge in [-0.05, 0) is 41.0 Å². The minimum atomic E-state index is -0.253. The van der Waals surface area contributed by atoms with Crippen molar-refractivity contribution in [2.75, 3.05) is 7.11 Å². The number of ether oxygens (including phenoxy) is 1. The molecular formula is C15H13FO. The molecule has 2 aromatic carbocycles. The maximum atomic E-state index is 13.1.